The van der Waals surface area contributed by atoms with E-state index in [-0.39, 0.29) is 5.95 Å². The number of carboxylic acids is 1. The van der Waals surface area contributed by atoms with Crippen LogP contribution in [0, 0.1) is 0 Å². The fourth-order valence-electron chi connectivity index (χ4n) is 3.18. The van der Waals surface area contributed by atoms with Crippen LogP contribution in [0.3, 0.4) is 0 Å². The second-order valence-corrected chi connectivity index (χ2v) is 7.61. The molecule has 0 aliphatic carbocycles. The van der Waals surface area contributed by atoms with Gasteiger partial charge in [0.2, 0.25) is 5.95 Å². The highest BCUT2D eigenvalue weighted by Gasteiger charge is 2.24. The van der Waals surface area contributed by atoms with E-state index in [0.717, 1.165) is 43.6 Å². The fourth-order valence-corrected chi connectivity index (χ4v) is 4.12. The highest BCUT2D eigenvalue weighted by Crippen LogP contribution is 2.33. The van der Waals surface area contributed by atoms with Gasteiger partial charge in [0.1, 0.15) is 16.7 Å². The molecule has 1 saturated heterocycles. The van der Waals surface area contributed by atoms with E-state index in [9.17, 15) is 14.7 Å². The van der Waals surface area contributed by atoms with E-state index in [4.69, 9.17) is 11.5 Å². The number of carbonyl (C=O) groups excluding carboxylic acids is 1. The molecule has 9 nitrogen and oxygen atoms in total. The van der Waals surface area contributed by atoms with Gasteiger partial charge in [-0.1, -0.05) is 0 Å². The summed E-state index contributed by atoms with van der Waals surface area (Å²) in [6, 6.07) is 0.782. The van der Waals surface area contributed by atoms with Crippen LogP contribution in [0.4, 0.5) is 11.8 Å². The minimum Gasteiger partial charge on any atom is -0.480 e. The van der Waals surface area contributed by atoms with Crippen molar-refractivity contribution in [2.24, 2.45) is 5.73 Å². The molecule has 1 unspecified atom stereocenters. The lowest BCUT2D eigenvalue weighted by molar-refractivity contribution is -0.139. The molecule has 10 heteroatoms. The second-order valence-electron chi connectivity index (χ2n) is 6.58. The summed E-state index contributed by atoms with van der Waals surface area (Å²) in [7, 11) is 0. The van der Waals surface area contributed by atoms with Crippen molar-refractivity contribution in [1.82, 2.24) is 15.3 Å². The number of nitrogens with two attached hydrogens (primary N) is 2. The molecule has 0 radical (unpaired) electrons. The van der Waals surface area contributed by atoms with Crippen molar-refractivity contribution in [3.05, 3.63) is 10.9 Å². The maximum Gasteiger partial charge on any atom is 0.326 e. The normalized spacial score (nSPS) is 15.2. The van der Waals surface area contributed by atoms with Gasteiger partial charge in [0.15, 0.2) is 0 Å². The quantitative estimate of drug-likeness (QED) is 0.490. The van der Waals surface area contributed by atoms with Gasteiger partial charge in [-0.15, -0.1) is 11.3 Å². The fraction of sp³-hybridized carbons (Fsp3) is 0.529. The summed E-state index contributed by atoms with van der Waals surface area (Å²) >= 11 is 1.19. The first-order valence-electron chi connectivity index (χ1n) is 9.05. The average molecular weight is 392 g/mol. The molecule has 3 heterocycles. The van der Waals surface area contributed by atoms with Gasteiger partial charge in [-0.3, -0.25) is 4.79 Å². The van der Waals surface area contributed by atoms with Crippen LogP contribution in [0.5, 0.6) is 0 Å². The van der Waals surface area contributed by atoms with E-state index < -0.39 is 17.9 Å². The lowest BCUT2D eigenvalue weighted by atomic mass is 10.1. The first-order chi connectivity index (χ1) is 13.0. The van der Waals surface area contributed by atoms with Crippen LogP contribution in [-0.4, -0.2) is 52.6 Å². The molecule has 146 valence electrons. The van der Waals surface area contributed by atoms with Gasteiger partial charge in [0, 0.05) is 13.1 Å². The number of hydrogen-bond donors (Lipinski definition) is 4. The molecular formula is C17H24N6O3S. The SMILES string of the molecule is NCCCCC(NC(=O)c1cc2c(N3CCCC3)nc(N)nc2s1)C(=O)O. The predicted octanol–water partition coefficient (Wildman–Crippen LogP) is 1.19. The number of rotatable bonds is 8. The minimum absolute atomic E-state index is 0.170. The molecule has 1 amide bonds. The number of aliphatic carboxylic acids is 1. The van der Waals surface area contributed by atoms with E-state index >= 15 is 0 Å². The smallest absolute Gasteiger partial charge is 0.326 e. The number of hydrogen-bond acceptors (Lipinski definition) is 8. The number of fused-ring (bicyclic) bond motifs is 1. The van der Waals surface area contributed by atoms with Crippen LogP contribution < -0.4 is 21.7 Å². The summed E-state index contributed by atoms with van der Waals surface area (Å²) in [5.41, 5.74) is 11.3. The monoisotopic (exact) mass is 392 g/mol. The third-order valence-electron chi connectivity index (χ3n) is 4.57. The maximum atomic E-state index is 12.6. The molecule has 0 saturated carbocycles. The number of aromatic nitrogens is 2. The highest BCUT2D eigenvalue weighted by molar-refractivity contribution is 7.20. The van der Waals surface area contributed by atoms with Crippen molar-refractivity contribution >= 4 is 45.2 Å². The number of unbranched alkanes of at least 4 members (excludes halogenated alkanes) is 1. The molecule has 27 heavy (non-hydrogen) atoms. The van der Waals surface area contributed by atoms with Gasteiger partial charge in [0.25, 0.3) is 5.91 Å². The van der Waals surface area contributed by atoms with Gasteiger partial charge in [-0.25, -0.2) is 9.78 Å². The van der Waals surface area contributed by atoms with E-state index in [2.05, 4.69) is 20.2 Å². The first kappa shape index (κ1) is 19.3. The summed E-state index contributed by atoms with van der Waals surface area (Å²) in [4.78, 5) is 35.8. The Bertz CT molecular complexity index is 833. The summed E-state index contributed by atoms with van der Waals surface area (Å²) in [6.45, 7) is 2.28. The molecule has 0 aromatic carbocycles. The van der Waals surface area contributed by atoms with Gasteiger partial charge >= 0.3 is 5.97 Å². The number of carbonyl (C=O) groups is 2. The van der Waals surface area contributed by atoms with E-state index in [1.807, 2.05) is 0 Å². The number of nitrogens with one attached hydrogen (secondary N) is 1. The zero-order chi connectivity index (χ0) is 19.4. The molecule has 3 rings (SSSR count). The van der Waals surface area contributed by atoms with Crippen LogP contribution in [0.1, 0.15) is 41.8 Å². The minimum atomic E-state index is -1.05. The van der Waals surface area contributed by atoms with Crippen molar-refractivity contribution < 1.29 is 14.7 Å². The molecule has 1 aliphatic rings. The Balaban J connectivity index is 1.82. The Morgan fingerprint density at radius 2 is 2.04 bits per heavy atom. The third kappa shape index (κ3) is 4.45. The van der Waals surface area contributed by atoms with Crippen molar-refractivity contribution in [2.75, 3.05) is 30.3 Å². The first-order valence-corrected chi connectivity index (χ1v) is 9.87. The predicted molar refractivity (Wildman–Crippen MR) is 105 cm³/mol. The number of thiophene rings is 1. The molecule has 1 aliphatic heterocycles. The highest BCUT2D eigenvalue weighted by atomic mass is 32.1. The van der Waals surface area contributed by atoms with E-state index in [1.165, 1.54) is 11.3 Å². The van der Waals surface area contributed by atoms with Crippen molar-refractivity contribution in [1.29, 1.82) is 0 Å². The van der Waals surface area contributed by atoms with Gasteiger partial charge in [-0.2, -0.15) is 4.98 Å². The number of nitrogens with zero attached hydrogens (tertiary/aromatic N) is 3. The Kier molecular flexibility index (Phi) is 6.07. The lowest BCUT2D eigenvalue weighted by Crippen LogP contribution is -2.40. The molecule has 6 N–H and O–H groups in total. The molecule has 2 aromatic heterocycles. The Hall–Kier alpha value is -2.46. The van der Waals surface area contributed by atoms with E-state index in [0.29, 0.717) is 29.1 Å². The van der Waals surface area contributed by atoms with E-state index in [1.54, 1.807) is 6.07 Å². The molecule has 2 aromatic rings. The van der Waals surface area contributed by atoms with Crippen LogP contribution in [0.25, 0.3) is 10.2 Å². The Morgan fingerprint density at radius 3 is 2.70 bits per heavy atom. The maximum absolute atomic E-state index is 12.6. The zero-order valence-corrected chi connectivity index (χ0v) is 15.8. The zero-order valence-electron chi connectivity index (χ0n) is 15.0. The molecule has 0 bridgehead atoms. The topological polar surface area (TPSA) is 147 Å². The largest absolute Gasteiger partial charge is 0.480 e. The molecule has 1 atom stereocenters. The standard InChI is InChI=1S/C17H24N6O3S/c18-6-2-1-5-11(16(25)26)20-14(24)12-9-10-13(23-7-3-4-8-23)21-17(19)22-15(10)27-12/h9,11H,1-8,18H2,(H,20,24)(H,25,26)(H2,19,21,22). The molecule has 1 fully saturated rings. The third-order valence-corrected chi connectivity index (χ3v) is 5.60. The molecule has 0 spiro atoms. The van der Waals surface area contributed by atoms with Crippen molar-refractivity contribution in [2.45, 2.75) is 38.1 Å². The lowest BCUT2D eigenvalue weighted by Gasteiger charge is -2.17. The average Bonchev–Trinajstić information content (AvgIpc) is 3.29. The summed E-state index contributed by atoms with van der Waals surface area (Å²) < 4.78 is 0. The molecular weight excluding hydrogens is 368 g/mol. The van der Waals surface area contributed by atoms with Crippen LogP contribution >= 0.6 is 11.3 Å². The number of nitrogen functional groups attached to an aromatic ring is 1. The van der Waals surface area contributed by atoms with Gasteiger partial charge in [-0.05, 0) is 44.7 Å². The van der Waals surface area contributed by atoms with Crippen LogP contribution in [-0.2, 0) is 4.79 Å². The Labute approximate surface area is 160 Å². The second kappa shape index (κ2) is 8.49. The van der Waals surface area contributed by atoms with Gasteiger partial charge < -0.3 is 26.8 Å². The number of carboxylic acid groups (broad SMARTS) is 1. The summed E-state index contributed by atoms with van der Waals surface area (Å²) in [5.74, 6) is -0.571. The summed E-state index contributed by atoms with van der Waals surface area (Å²) in [6.07, 6.45) is 3.88. The van der Waals surface area contributed by atoms with Crippen LogP contribution in [0.2, 0.25) is 0 Å². The van der Waals surface area contributed by atoms with Gasteiger partial charge in [0.05, 0.1) is 10.3 Å². The van der Waals surface area contributed by atoms with Crippen molar-refractivity contribution in [3.63, 3.8) is 0 Å². The number of anilines is 2. The summed E-state index contributed by atoms with van der Waals surface area (Å²) in [5, 5.41) is 12.7. The number of amides is 1. The van der Waals surface area contributed by atoms with Crippen LogP contribution in [0.15, 0.2) is 6.07 Å². The Morgan fingerprint density at radius 1 is 1.30 bits per heavy atom. The van der Waals surface area contributed by atoms with Crippen molar-refractivity contribution in [3.8, 4) is 0 Å².